The van der Waals surface area contributed by atoms with Crippen LogP contribution in [0.15, 0.2) is 4.21 Å². The molecule has 19 heavy (non-hydrogen) atoms. The Morgan fingerprint density at radius 3 is 2.42 bits per heavy atom. The van der Waals surface area contributed by atoms with Crippen molar-refractivity contribution in [3.8, 4) is 0 Å². The van der Waals surface area contributed by atoms with Crippen molar-refractivity contribution in [2.75, 3.05) is 6.54 Å². The van der Waals surface area contributed by atoms with Crippen molar-refractivity contribution < 1.29 is 13.5 Å². The molecule has 0 fully saturated rings. The first kappa shape index (κ1) is 16.8. The fraction of sp³-hybridized carbons (Fsp3) is 0.727. The van der Waals surface area contributed by atoms with Crippen molar-refractivity contribution in [3.05, 3.63) is 10.2 Å². The van der Waals surface area contributed by atoms with E-state index in [2.05, 4.69) is 9.71 Å². The van der Waals surface area contributed by atoms with Crippen molar-refractivity contribution in [2.45, 2.75) is 43.9 Å². The van der Waals surface area contributed by atoms with Crippen LogP contribution in [-0.4, -0.2) is 31.2 Å². The molecule has 0 spiro atoms. The van der Waals surface area contributed by atoms with Crippen LogP contribution < -0.4 is 4.72 Å². The summed E-state index contributed by atoms with van der Waals surface area (Å²) in [5.41, 5.74) is 0.375. The number of nitrogens with one attached hydrogen (secondary N) is 1. The molecule has 0 radical (unpaired) electrons. The van der Waals surface area contributed by atoms with Gasteiger partial charge in [0, 0.05) is 6.54 Å². The maximum atomic E-state index is 12.1. The van der Waals surface area contributed by atoms with Crippen LogP contribution in [0.3, 0.4) is 0 Å². The summed E-state index contributed by atoms with van der Waals surface area (Å²) in [5, 5.41) is 9.93. The van der Waals surface area contributed by atoms with Gasteiger partial charge in [-0.05, 0) is 12.8 Å². The Balaban J connectivity index is 2.74. The highest BCUT2D eigenvalue weighted by atomic mass is 35.5. The number of hydrogen-bond donors (Lipinski definition) is 2. The van der Waals surface area contributed by atoms with E-state index in [9.17, 15) is 13.5 Å². The largest absolute Gasteiger partial charge is 0.391 e. The molecule has 1 atom stereocenters. The first-order valence-electron chi connectivity index (χ1n) is 6.12. The van der Waals surface area contributed by atoms with Gasteiger partial charge in [-0.15, -0.1) is 0 Å². The predicted octanol–water partition coefficient (Wildman–Crippen LogP) is 2.18. The summed E-state index contributed by atoms with van der Waals surface area (Å²) in [6, 6.07) is 0. The van der Waals surface area contributed by atoms with E-state index in [0.717, 1.165) is 24.2 Å². The Labute approximate surface area is 123 Å². The van der Waals surface area contributed by atoms with Gasteiger partial charge in [-0.1, -0.05) is 49.6 Å². The number of sulfonamides is 1. The third kappa shape index (κ3) is 4.39. The van der Waals surface area contributed by atoms with Crippen molar-refractivity contribution in [3.63, 3.8) is 0 Å². The van der Waals surface area contributed by atoms with Gasteiger partial charge in [-0.3, -0.25) is 0 Å². The molecular formula is C11H19ClN2O3S2. The average Bonchev–Trinajstić information content (AvgIpc) is 2.68. The minimum absolute atomic E-state index is 0.00361. The summed E-state index contributed by atoms with van der Waals surface area (Å²) in [4.78, 5) is 3.87. The van der Waals surface area contributed by atoms with Crippen LogP contribution in [-0.2, 0) is 10.0 Å². The fourth-order valence-electron chi connectivity index (χ4n) is 1.86. The number of thiazole rings is 1. The molecule has 1 heterocycles. The van der Waals surface area contributed by atoms with E-state index in [-0.39, 0.29) is 21.1 Å². The van der Waals surface area contributed by atoms with E-state index in [1.54, 1.807) is 6.92 Å². The zero-order valence-corrected chi connectivity index (χ0v) is 13.6. The monoisotopic (exact) mass is 326 g/mol. The number of hydrogen-bond acceptors (Lipinski definition) is 5. The molecule has 0 aliphatic carbocycles. The molecule has 0 aliphatic rings. The van der Waals surface area contributed by atoms with Crippen molar-refractivity contribution in [1.29, 1.82) is 0 Å². The maximum absolute atomic E-state index is 12.1. The van der Waals surface area contributed by atoms with Gasteiger partial charge in [-0.2, -0.15) is 0 Å². The normalized spacial score (nSPS) is 14.0. The number of rotatable bonds is 7. The Bertz CT molecular complexity index is 512. The van der Waals surface area contributed by atoms with Crippen LogP contribution >= 0.6 is 22.9 Å². The lowest BCUT2D eigenvalue weighted by Gasteiger charge is -2.20. The molecule has 1 rings (SSSR count). The maximum Gasteiger partial charge on any atom is 0.252 e. The summed E-state index contributed by atoms with van der Waals surface area (Å²) in [6.07, 6.45) is 0.934. The van der Waals surface area contributed by atoms with Crippen molar-refractivity contribution >= 4 is 33.0 Å². The SMILES string of the molecule is CCC(CC)C(O)CNS(=O)(=O)c1sc(Cl)nc1C. The molecule has 110 valence electrons. The van der Waals surface area contributed by atoms with Crippen LogP contribution in [0, 0.1) is 12.8 Å². The minimum atomic E-state index is -3.65. The van der Waals surface area contributed by atoms with Crippen LogP contribution in [0.4, 0.5) is 0 Å². The number of aliphatic hydroxyl groups is 1. The van der Waals surface area contributed by atoms with Gasteiger partial charge in [0.2, 0.25) is 0 Å². The Morgan fingerprint density at radius 1 is 1.42 bits per heavy atom. The van der Waals surface area contributed by atoms with Crippen LogP contribution in [0.5, 0.6) is 0 Å². The van der Waals surface area contributed by atoms with Gasteiger partial charge in [-0.25, -0.2) is 18.1 Å². The summed E-state index contributed by atoms with van der Waals surface area (Å²) in [5.74, 6) is 0.0915. The molecule has 1 unspecified atom stereocenters. The average molecular weight is 327 g/mol. The Hall–Kier alpha value is -0.210. The van der Waals surface area contributed by atoms with Crippen LogP contribution in [0.2, 0.25) is 4.47 Å². The van der Waals surface area contributed by atoms with Crippen molar-refractivity contribution in [1.82, 2.24) is 9.71 Å². The lowest BCUT2D eigenvalue weighted by molar-refractivity contribution is 0.107. The molecule has 8 heteroatoms. The number of aryl methyl sites for hydroxylation is 1. The van der Waals surface area contributed by atoms with Crippen molar-refractivity contribution in [2.24, 2.45) is 5.92 Å². The zero-order valence-electron chi connectivity index (χ0n) is 11.2. The summed E-state index contributed by atoms with van der Waals surface area (Å²) in [7, 11) is -3.65. The molecule has 2 N–H and O–H groups in total. The lowest BCUT2D eigenvalue weighted by Crippen LogP contribution is -2.36. The molecule has 5 nitrogen and oxygen atoms in total. The highest BCUT2D eigenvalue weighted by Crippen LogP contribution is 2.26. The molecule has 0 saturated carbocycles. The molecule has 1 aromatic rings. The number of aromatic nitrogens is 1. The topological polar surface area (TPSA) is 79.3 Å². The van der Waals surface area contributed by atoms with E-state index < -0.39 is 16.1 Å². The van der Waals surface area contributed by atoms with Gasteiger partial charge < -0.3 is 5.11 Å². The number of nitrogens with zero attached hydrogens (tertiary/aromatic N) is 1. The Morgan fingerprint density at radius 2 is 2.00 bits per heavy atom. The standard InChI is InChI=1S/C11H19ClN2O3S2/c1-4-8(5-2)9(15)6-13-19(16,17)10-7(3)14-11(12)18-10/h8-9,13,15H,4-6H2,1-3H3. The van der Waals surface area contributed by atoms with Crippen LogP contribution in [0.25, 0.3) is 0 Å². The third-order valence-corrected chi connectivity index (χ3v) is 6.34. The fourth-order valence-corrected chi connectivity index (χ4v) is 4.69. The van der Waals surface area contributed by atoms with Gasteiger partial charge in [0.25, 0.3) is 10.0 Å². The smallest absolute Gasteiger partial charge is 0.252 e. The summed E-state index contributed by atoms with van der Waals surface area (Å²) < 4.78 is 26.8. The van der Waals surface area contributed by atoms with E-state index in [1.165, 1.54) is 0 Å². The molecule has 0 bridgehead atoms. The summed E-state index contributed by atoms with van der Waals surface area (Å²) >= 11 is 6.61. The molecule has 0 saturated heterocycles. The first-order chi connectivity index (χ1) is 8.81. The number of aliphatic hydroxyl groups excluding tert-OH is 1. The third-order valence-electron chi connectivity index (χ3n) is 3.05. The highest BCUT2D eigenvalue weighted by Gasteiger charge is 2.24. The lowest BCUT2D eigenvalue weighted by atomic mass is 9.97. The second kappa shape index (κ2) is 6.99. The summed E-state index contributed by atoms with van der Waals surface area (Å²) in [6.45, 7) is 5.54. The van der Waals surface area contributed by atoms with E-state index in [4.69, 9.17) is 11.6 Å². The highest BCUT2D eigenvalue weighted by molar-refractivity contribution is 7.91. The molecule has 0 aliphatic heterocycles. The van der Waals surface area contributed by atoms with E-state index in [0.29, 0.717) is 5.69 Å². The molecule has 0 amide bonds. The first-order valence-corrected chi connectivity index (χ1v) is 8.80. The second-order valence-corrected chi connectivity index (χ2v) is 7.88. The minimum Gasteiger partial charge on any atom is -0.391 e. The molecular weight excluding hydrogens is 308 g/mol. The van der Waals surface area contributed by atoms with E-state index >= 15 is 0 Å². The quantitative estimate of drug-likeness (QED) is 0.805. The van der Waals surface area contributed by atoms with Gasteiger partial charge in [0.15, 0.2) is 8.68 Å². The molecule has 0 aromatic carbocycles. The number of halogens is 1. The van der Waals surface area contributed by atoms with Gasteiger partial charge in [0.05, 0.1) is 11.8 Å². The van der Waals surface area contributed by atoms with Gasteiger partial charge >= 0.3 is 0 Å². The molecule has 1 aromatic heterocycles. The van der Waals surface area contributed by atoms with Gasteiger partial charge in [0.1, 0.15) is 0 Å². The zero-order chi connectivity index (χ0) is 14.6. The Kier molecular flexibility index (Phi) is 6.19. The second-order valence-electron chi connectivity index (χ2n) is 4.34. The van der Waals surface area contributed by atoms with E-state index in [1.807, 2.05) is 13.8 Å². The predicted molar refractivity (Wildman–Crippen MR) is 77.1 cm³/mol. The van der Waals surface area contributed by atoms with Crippen LogP contribution in [0.1, 0.15) is 32.4 Å².